The van der Waals surface area contributed by atoms with Crippen molar-refractivity contribution in [3.63, 3.8) is 0 Å². The zero-order chi connectivity index (χ0) is 17.1. The molecule has 5 heteroatoms. The first kappa shape index (κ1) is 16.7. The third kappa shape index (κ3) is 3.50. The molecule has 0 saturated heterocycles. The van der Waals surface area contributed by atoms with Gasteiger partial charge in [-0.3, -0.25) is 14.9 Å². The topological polar surface area (TPSA) is 61.9 Å². The second kappa shape index (κ2) is 7.16. The normalized spacial score (nSPS) is 13.6. The summed E-state index contributed by atoms with van der Waals surface area (Å²) in [5, 5.41) is 7.24. The van der Waals surface area contributed by atoms with Crippen molar-refractivity contribution in [2.24, 2.45) is 0 Å². The van der Waals surface area contributed by atoms with E-state index in [0.717, 1.165) is 43.6 Å². The summed E-state index contributed by atoms with van der Waals surface area (Å²) >= 11 is 0. The molecule has 2 aromatic rings. The van der Waals surface area contributed by atoms with E-state index in [4.69, 9.17) is 0 Å². The molecule has 5 nitrogen and oxygen atoms in total. The molecule has 2 aromatic heterocycles. The lowest BCUT2D eigenvalue weighted by atomic mass is 9.95. The molecule has 1 aliphatic carbocycles. The van der Waals surface area contributed by atoms with Gasteiger partial charge in [-0.15, -0.1) is 0 Å². The Bertz CT molecular complexity index is 715. The quantitative estimate of drug-likeness (QED) is 0.919. The summed E-state index contributed by atoms with van der Waals surface area (Å²) in [4.78, 5) is 18.9. The van der Waals surface area contributed by atoms with Gasteiger partial charge in [-0.1, -0.05) is 0 Å². The van der Waals surface area contributed by atoms with Crippen LogP contribution in [0.25, 0.3) is 0 Å². The van der Waals surface area contributed by atoms with E-state index in [1.165, 1.54) is 29.7 Å². The number of aryl methyl sites for hydroxylation is 4. The molecule has 0 bridgehead atoms. The number of amides is 1. The van der Waals surface area contributed by atoms with Crippen LogP contribution in [-0.2, 0) is 19.3 Å². The van der Waals surface area contributed by atoms with Gasteiger partial charge in [-0.25, -0.2) is 0 Å². The number of carbonyl (C=O) groups excluding carboxylic acids is 1. The van der Waals surface area contributed by atoms with E-state index in [2.05, 4.69) is 15.2 Å². The standard InChI is InChI=1S/C19H26N4O/c1-13-17(14(2)22-21-13)8-6-10-23(3)19(24)16-11-15-7-4-5-9-18(15)20-12-16/h11-12H,4-10H2,1-3H3,(H,21,22). The van der Waals surface area contributed by atoms with Crippen molar-refractivity contribution < 1.29 is 4.79 Å². The number of H-pyrrole nitrogens is 1. The Morgan fingerprint density at radius 3 is 2.83 bits per heavy atom. The van der Waals surface area contributed by atoms with Crippen LogP contribution in [0.4, 0.5) is 0 Å². The van der Waals surface area contributed by atoms with Crippen molar-refractivity contribution in [1.29, 1.82) is 0 Å². The van der Waals surface area contributed by atoms with E-state index in [-0.39, 0.29) is 5.91 Å². The monoisotopic (exact) mass is 326 g/mol. The number of rotatable bonds is 5. The Balaban J connectivity index is 1.58. The Labute approximate surface area is 143 Å². The van der Waals surface area contributed by atoms with Crippen molar-refractivity contribution in [3.05, 3.63) is 46.0 Å². The predicted molar refractivity (Wildman–Crippen MR) is 94.2 cm³/mol. The average Bonchev–Trinajstić information content (AvgIpc) is 2.92. The molecule has 3 rings (SSSR count). The molecule has 0 atom stereocenters. The zero-order valence-corrected chi connectivity index (χ0v) is 14.9. The van der Waals surface area contributed by atoms with Gasteiger partial charge in [0.25, 0.3) is 5.91 Å². The highest BCUT2D eigenvalue weighted by atomic mass is 16.2. The van der Waals surface area contributed by atoms with E-state index in [9.17, 15) is 4.79 Å². The van der Waals surface area contributed by atoms with Crippen LogP contribution in [0.15, 0.2) is 12.3 Å². The molecule has 1 amide bonds. The molecule has 1 N–H and O–H groups in total. The van der Waals surface area contributed by atoms with Crippen LogP contribution < -0.4 is 0 Å². The van der Waals surface area contributed by atoms with Gasteiger partial charge < -0.3 is 4.90 Å². The summed E-state index contributed by atoms with van der Waals surface area (Å²) in [5.41, 5.74) is 6.59. The minimum absolute atomic E-state index is 0.0662. The Morgan fingerprint density at radius 1 is 1.29 bits per heavy atom. The van der Waals surface area contributed by atoms with Crippen molar-refractivity contribution in [1.82, 2.24) is 20.1 Å². The molecule has 2 heterocycles. The summed E-state index contributed by atoms with van der Waals surface area (Å²) in [6.07, 6.45) is 8.12. The second-order valence-corrected chi connectivity index (χ2v) is 6.78. The van der Waals surface area contributed by atoms with Crippen molar-refractivity contribution in [2.75, 3.05) is 13.6 Å². The van der Waals surface area contributed by atoms with E-state index in [0.29, 0.717) is 5.56 Å². The summed E-state index contributed by atoms with van der Waals surface area (Å²) in [6, 6.07) is 2.05. The van der Waals surface area contributed by atoms with Crippen LogP contribution >= 0.6 is 0 Å². The molecular formula is C19H26N4O. The van der Waals surface area contributed by atoms with Crippen LogP contribution in [0.1, 0.15) is 57.8 Å². The highest BCUT2D eigenvalue weighted by Gasteiger charge is 2.17. The molecule has 0 aromatic carbocycles. The lowest BCUT2D eigenvalue weighted by molar-refractivity contribution is 0.0793. The number of fused-ring (bicyclic) bond motifs is 1. The third-order valence-electron chi connectivity index (χ3n) is 4.96. The fourth-order valence-electron chi connectivity index (χ4n) is 3.46. The molecule has 0 aliphatic heterocycles. The maximum Gasteiger partial charge on any atom is 0.255 e. The van der Waals surface area contributed by atoms with E-state index in [1.807, 2.05) is 27.0 Å². The first-order valence-corrected chi connectivity index (χ1v) is 8.80. The van der Waals surface area contributed by atoms with E-state index >= 15 is 0 Å². The lowest BCUT2D eigenvalue weighted by Crippen LogP contribution is -2.28. The van der Waals surface area contributed by atoms with Crippen LogP contribution in [0.5, 0.6) is 0 Å². The van der Waals surface area contributed by atoms with Crippen LogP contribution in [-0.4, -0.2) is 39.6 Å². The molecule has 1 aliphatic rings. The predicted octanol–water partition coefficient (Wildman–Crippen LogP) is 3.01. The van der Waals surface area contributed by atoms with Crippen LogP contribution in [0.2, 0.25) is 0 Å². The van der Waals surface area contributed by atoms with Gasteiger partial charge in [-0.05, 0) is 69.6 Å². The Morgan fingerprint density at radius 2 is 2.08 bits per heavy atom. The molecule has 24 heavy (non-hydrogen) atoms. The number of hydrogen-bond acceptors (Lipinski definition) is 3. The second-order valence-electron chi connectivity index (χ2n) is 6.78. The molecule has 0 radical (unpaired) electrons. The number of nitrogens with zero attached hydrogens (tertiary/aromatic N) is 3. The van der Waals surface area contributed by atoms with Gasteiger partial charge in [-0.2, -0.15) is 5.10 Å². The van der Waals surface area contributed by atoms with E-state index < -0.39 is 0 Å². The number of aromatic amines is 1. The van der Waals surface area contributed by atoms with Gasteiger partial charge in [0, 0.05) is 31.2 Å². The molecular weight excluding hydrogens is 300 g/mol. The first-order valence-electron chi connectivity index (χ1n) is 8.80. The molecule has 0 saturated carbocycles. The first-order chi connectivity index (χ1) is 11.6. The Kier molecular flexibility index (Phi) is 4.97. The largest absolute Gasteiger partial charge is 0.342 e. The average molecular weight is 326 g/mol. The number of carbonyl (C=O) groups is 1. The number of aromatic nitrogens is 3. The smallest absolute Gasteiger partial charge is 0.255 e. The van der Waals surface area contributed by atoms with E-state index in [1.54, 1.807) is 11.1 Å². The van der Waals surface area contributed by atoms with Gasteiger partial charge >= 0.3 is 0 Å². The Hall–Kier alpha value is -2.17. The lowest BCUT2D eigenvalue weighted by Gasteiger charge is -2.19. The fourth-order valence-corrected chi connectivity index (χ4v) is 3.46. The maximum atomic E-state index is 12.6. The number of pyridine rings is 1. The molecule has 0 unspecified atom stereocenters. The maximum absolute atomic E-state index is 12.6. The SMILES string of the molecule is Cc1n[nH]c(C)c1CCCN(C)C(=O)c1cnc2c(c1)CCCC2. The summed E-state index contributed by atoms with van der Waals surface area (Å²) in [5.74, 6) is 0.0662. The minimum atomic E-state index is 0.0662. The highest BCUT2D eigenvalue weighted by Crippen LogP contribution is 2.20. The molecule has 128 valence electrons. The minimum Gasteiger partial charge on any atom is -0.342 e. The van der Waals surface area contributed by atoms with Crippen molar-refractivity contribution >= 4 is 5.91 Å². The zero-order valence-electron chi connectivity index (χ0n) is 14.9. The summed E-state index contributed by atoms with van der Waals surface area (Å²) < 4.78 is 0. The number of nitrogens with one attached hydrogen (secondary N) is 1. The van der Waals surface area contributed by atoms with Crippen LogP contribution in [0.3, 0.4) is 0 Å². The van der Waals surface area contributed by atoms with Gasteiger partial charge in [0.2, 0.25) is 0 Å². The summed E-state index contributed by atoms with van der Waals surface area (Å²) in [7, 11) is 1.87. The number of hydrogen-bond donors (Lipinski definition) is 1. The molecule has 0 fully saturated rings. The van der Waals surface area contributed by atoms with Gasteiger partial charge in [0.1, 0.15) is 0 Å². The van der Waals surface area contributed by atoms with Crippen molar-refractivity contribution in [3.8, 4) is 0 Å². The fraction of sp³-hybridized carbons (Fsp3) is 0.526. The van der Waals surface area contributed by atoms with Gasteiger partial charge in [0.05, 0.1) is 11.3 Å². The van der Waals surface area contributed by atoms with Crippen LogP contribution in [0, 0.1) is 13.8 Å². The summed E-state index contributed by atoms with van der Waals surface area (Å²) in [6.45, 7) is 4.80. The van der Waals surface area contributed by atoms with Crippen molar-refractivity contribution in [2.45, 2.75) is 52.4 Å². The third-order valence-corrected chi connectivity index (χ3v) is 4.96. The highest BCUT2D eigenvalue weighted by molar-refractivity contribution is 5.94. The van der Waals surface area contributed by atoms with Gasteiger partial charge in [0.15, 0.2) is 0 Å². The molecule has 0 spiro atoms.